The molecule has 0 radical (unpaired) electrons. The Morgan fingerprint density at radius 1 is 1.28 bits per heavy atom. The molecule has 0 saturated carbocycles. The summed E-state index contributed by atoms with van der Waals surface area (Å²) in [5, 5.41) is 0. The van der Waals surface area contributed by atoms with Crippen molar-refractivity contribution in [2.24, 2.45) is 23.7 Å². The molecule has 0 aromatic heterocycles. The SMILES string of the molecule is CC1=CC(=O)[C@H]2C1=C[C@H]1[C@@H](C[C@H]2C)OC(=O)[C@@H]1C. The summed E-state index contributed by atoms with van der Waals surface area (Å²) in [6.07, 6.45) is 4.63. The molecule has 96 valence electrons. The van der Waals surface area contributed by atoms with Gasteiger partial charge in [-0.2, -0.15) is 0 Å². The second-order valence-electron chi connectivity index (χ2n) is 5.88. The average Bonchev–Trinajstić information content (AvgIpc) is 2.65. The van der Waals surface area contributed by atoms with Crippen LogP contribution in [0.1, 0.15) is 27.2 Å². The molecule has 0 amide bonds. The zero-order valence-corrected chi connectivity index (χ0v) is 11.0. The molecule has 0 N–H and O–H groups in total. The Morgan fingerprint density at radius 2 is 2.00 bits per heavy atom. The maximum Gasteiger partial charge on any atom is 0.309 e. The zero-order valence-electron chi connectivity index (χ0n) is 11.0. The maximum absolute atomic E-state index is 12.0. The molecule has 1 saturated heterocycles. The van der Waals surface area contributed by atoms with E-state index in [9.17, 15) is 9.59 Å². The molecule has 18 heavy (non-hydrogen) atoms. The minimum Gasteiger partial charge on any atom is -0.461 e. The molecule has 3 nitrogen and oxygen atoms in total. The van der Waals surface area contributed by atoms with E-state index >= 15 is 0 Å². The number of ketones is 1. The highest BCUT2D eigenvalue weighted by atomic mass is 16.6. The standard InChI is InChI=1S/C15H18O3/c1-7-4-12(16)14-8(2)5-13-11(6-10(7)14)9(3)15(17)18-13/h4,6,8-9,11,13-14H,5H2,1-3H3/t8-,9-,11-,13-,14-/m1/s1. The fourth-order valence-corrected chi connectivity index (χ4v) is 3.59. The summed E-state index contributed by atoms with van der Waals surface area (Å²) >= 11 is 0. The quantitative estimate of drug-likeness (QED) is 0.616. The van der Waals surface area contributed by atoms with Gasteiger partial charge in [-0.05, 0) is 36.5 Å². The predicted molar refractivity (Wildman–Crippen MR) is 66.7 cm³/mol. The third kappa shape index (κ3) is 1.49. The van der Waals surface area contributed by atoms with Gasteiger partial charge in [-0.1, -0.05) is 19.9 Å². The number of hydrogen-bond acceptors (Lipinski definition) is 3. The zero-order chi connectivity index (χ0) is 13.0. The summed E-state index contributed by atoms with van der Waals surface area (Å²) in [7, 11) is 0. The normalized spacial score (nSPS) is 42.7. The van der Waals surface area contributed by atoms with Crippen LogP contribution in [0.5, 0.6) is 0 Å². The third-order valence-electron chi connectivity index (χ3n) is 4.65. The third-order valence-corrected chi connectivity index (χ3v) is 4.65. The van der Waals surface area contributed by atoms with Gasteiger partial charge in [-0.25, -0.2) is 0 Å². The molecule has 0 aromatic rings. The van der Waals surface area contributed by atoms with Crippen molar-refractivity contribution in [2.45, 2.75) is 33.3 Å². The lowest BCUT2D eigenvalue weighted by atomic mass is 9.85. The van der Waals surface area contributed by atoms with Crippen LogP contribution in [0.25, 0.3) is 0 Å². The second-order valence-corrected chi connectivity index (χ2v) is 5.88. The molecule has 0 unspecified atom stereocenters. The molecule has 1 heterocycles. The molecule has 2 aliphatic carbocycles. The predicted octanol–water partition coefficient (Wildman–Crippen LogP) is 2.28. The number of ether oxygens (including phenoxy) is 1. The van der Waals surface area contributed by atoms with Gasteiger partial charge in [-0.3, -0.25) is 9.59 Å². The van der Waals surface area contributed by atoms with E-state index < -0.39 is 0 Å². The number of fused-ring (bicyclic) bond motifs is 2. The van der Waals surface area contributed by atoms with E-state index in [-0.39, 0.29) is 41.5 Å². The van der Waals surface area contributed by atoms with Crippen molar-refractivity contribution in [3.05, 3.63) is 23.3 Å². The van der Waals surface area contributed by atoms with E-state index in [2.05, 4.69) is 13.0 Å². The smallest absolute Gasteiger partial charge is 0.309 e. The number of hydrogen-bond donors (Lipinski definition) is 0. The molecule has 5 atom stereocenters. The molecular weight excluding hydrogens is 228 g/mol. The molecule has 0 bridgehead atoms. The van der Waals surface area contributed by atoms with Crippen LogP contribution in [0.15, 0.2) is 23.3 Å². The van der Waals surface area contributed by atoms with Crippen molar-refractivity contribution >= 4 is 11.8 Å². The summed E-state index contributed by atoms with van der Waals surface area (Å²) in [5.41, 5.74) is 2.19. The Morgan fingerprint density at radius 3 is 2.72 bits per heavy atom. The fourth-order valence-electron chi connectivity index (χ4n) is 3.59. The highest BCUT2D eigenvalue weighted by Crippen LogP contribution is 2.44. The number of rotatable bonds is 0. The van der Waals surface area contributed by atoms with Crippen molar-refractivity contribution in [2.75, 3.05) is 0 Å². The van der Waals surface area contributed by atoms with Gasteiger partial charge >= 0.3 is 5.97 Å². The lowest BCUT2D eigenvalue weighted by Gasteiger charge is -2.20. The molecule has 1 fully saturated rings. The van der Waals surface area contributed by atoms with Gasteiger partial charge in [0.2, 0.25) is 0 Å². The first kappa shape index (κ1) is 11.7. The maximum atomic E-state index is 12.0. The van der Waals surface area contributed by atoms with Crippen molar-refractivity contribution in [3.63, 3.8) is 0 Å². The van der Waals surface area contributed by atoms with Gasteiger partial charge < -0.3 is 4.74 Å². The van der Waals surface area contributed by atoms with Gasteiger partial charge in [0.25, 0.3) is 0 Å². The van der Waals surface area contributed by atoms with Crippen LogP contribution in [-0.4, -0.2) is 17.9 Å². The summed E-state index contributed by atoms with van der Waals surface area (Å²) in [6.45, 7) is 5.99. The fraction of sp³-hybridized carbons (Fsp3) is 0.600. The first-order chi connectivity index (χ1) is 8.49. The van der Waals surface area contributed by atoms with Crippen molar-refractivity contribution < 1.29 is 14.3 Å². The van der Waals surface area contributed by atoms with Gasteiger partial charge in [0.05, 0.1) is 5.92 Å². The monoisotopic (exact) mass is 246 g/mol. The minimum absolute atomic E-state index is 0.0125. The summed E-state index contributed by atoms with van der Waals surface area (Å²) in [6, 6.07) is 0. The summed E-state index contributed by atoms with van der Waals surface area (Å²) < 4.78 is 5.45. The van der Waals surface area contributed by atoms with E-state index in [1.807, 2.05) is 13.8 Å². The average molecular weight is 246 g/mol. The summed E-state index contributed by atoms with van der Waals surface area (Å²) in [4.78, 5) is 23.7. The van der Waals surface area contributed by atoms with Crippen LogP contribution in [0, 0.1) is 23.7 Å². The van der Waals surface area contributed by atoms with Gasteiger partial charge in [0.15, 0.2) is 5.78 Å². The second kappa shape index (κ2) is 3.81. The Kier molecular flexibility index (Phi) is 2.47. The molecule has 3 rings (SSSR count). The highest BCUT2D eigenvalue weighted by Gasteiger charge is 2.46. The first-order valence-electron chi connectivity index (χ1n) is 6.63. The van der Waals surface area contributed by atoms with E-state index in [0.717, 1.165) is 17.6 Å². The number of carbonyl (C=O) groups is 2. The Hall–Kier alpha value is -1.38. The van der Waals surface area contributed by atoms with Crippen molar-refractivity contribution in [3.8, 4) is 0 Å². The van der Waals surface area contributed by atoms with Crippen LogP contribution in [0.3, 0.4) is 0 Å². The molecule has 3 heteroatoms. The van der Waals surface area contributed by atoms with E-state index in [0.29, 0.717) is 0 Å². The van der Waals surface area contributed by atoms with E-state index in [4.69, 9.17) is 4.74 Å². The first-order valence-corrected chi connectivity index (χ1v) is 6.63. The number of allylic oxidation sites excluding steroid dienone is 3. The van der Waals surface area contributed by atoms with Crippen LogP contribution < -0.4 is 0 Å². The Labute approximate surface area is 107 Å². The number of esters is 1. The van der Waals surface area contributed by atoms with Crippen LogP contribution in [-0.2, 0) is 14.3 Å². The molecule has 3 aliphatic rings. The van der Waals surface area contributed by atoms with E-state index in [1.165, 1.54) is 0 Å². The van der Waals surface area contributed by atoms with Gasteiger partial charge in [0.1, 0.15) is 6.10 Å². The minimum atomic E-state index is -0.0987. The molecule has 1 aliphatic heterocycles. The molecule has 0 aromatic carbocycles. The lowest BCUT2D eigenvalue weighted by Crippen LogP contribution is -2.22. The van der Waals surface area contributed by atoms with Crippen LogP contribution in [0.4, 0.5) is 0 Å². The van der Waals surface area contributed by atoms with Crippen molar-refractivity contribution in [1.82, 2.24) is 0 Å². The molecule has 0 spiro atoms. The number of carbonyl (C=O) groups excluding carboxylic acids is 2. The largest absolute Gasteiger partial charge is 0.461 e. The van der Waals surface area contributed by atoms with Gasteiger partial charge in [-0.15, -0.1) is 0 Å². The summed E-state index contributed by atoms with van der Waals surface area (Å²) in [5.74, 6) is 0.391. The van der Waals surface area contributed by atoms with Crippen LogP contribution in [0.2, 0.25) is 0 Å². The lowest BCUT2D eigenvalue weighted by molar-refractivity contribution is -0.144. The van der Waals surface area contributed by atoms with E-state index in [1.54, 1.807) is 6.08 Å². The molecular formula is C15H18O3. The topological polar surface area (TPSA) is 43.4 Å². The van der Waals surface area contributed by atoms with Crippen molar-refractivity contribution in [1.29, 1.82) is 0 Å². The highest BCUT2D eigenvalue weighted by molar-refractivity contribution is 6.00. The Bertz CT molecular complexity index is 486. The Balaban J connectivity index is 2.04. The van der Waals surface area contributed by atoms with Gasteiger partial charge in [0, 0.05) is 11.8 Å². The van der Waals surface area contributed by atoms with Crippen LogP contribution >= 0.6 is 0 Å².